The van der Waals surface area contributed by atoms with E-state index in [4.69, 9.17) is 4.74 Å². The summed E-state index contributed by atoms with van der Waals surface area (Å²) in [6, 6.07) is 16.9. The third-order valence-corrected chi connectivity index (χ3v) is 4.83. The normalized spacial score (nSPS) is 17.4. The number of hydrogen-bond donors (Lipinski definition) is 2. The lowest BCUT2D eigenvalue weighted by atomic mass is 10.0. The van der Waals surface area contributed by atoms with Gasteiger partial charge < -0.3 is 10.1 Å². The number of carbonyl (C=O) groups excluding carboxylic acids is 2. The molecule has 0 saturated heterocycles. The van der Waals surface area contributed by atoms with Crippen LogP contribution in [-0.4, -0.2) is 30.6 Å². The van der Waals surface area contributed by atoms with E-state index in [9.17, 15) is 9.59 Å². The van der Waals surface area contributed by atoms with E-state index in [0.29, 0.717) is 19.4 Å². The second-order valence-corrected chi connectivity index (χ2v) is 6.73. The number of ether oxygens (including phenoxy) is 1. The number of fused-ring (bicyclic) bond motifs is 1. The van der Waals surface area contributed by atoms with Gasteiger partial charge in [0.15, 0.2) is 0 Å². The standard InChI is InChI=1S/C22H26N2O3/c1-2-27-22(26)20(14-12-16-8-4-3-5-9-16)23-19-15-13-17-10-6-7-11-18(17)24-21(19)25/h3-11,19-20,23H,2,12-15H2,1H3,(H,24,25)/t19-,20-/m0/s1. The number of nitrogens with one attached hydrogen (secondary N) is 2. The number of carbonyl (C=O) groups is 2. The molecule has 3 rings (SSSR count). The van der Waals surface area contributed by atoms with Gasteiger partial charge in [-0.15, -0.1) is 0 Å². The van der Waals surface area contributed by atoms with Crippen LogP contribution in [0.4, 0.5) is 5.69 Å². The highest BCUT2D eigenvalue weighted by Gasteiger charge is 2.29. The second-order valence-electron chi connectivity index (χ2n) is 6.73. The highest BCUT2D eigenvalue weighted by Crippen LogP contribution is 2.22. The Labute approximate surface area is 160 Å². The fourth-order valence-electron chi connectivity index (χ4n) is 3.38. The van der Waals surface area contributed by atoms with E-state index >= 15 is 0 Å². The largest absolute Gasteiger partial charge is 0.465 e. The number of amides is 1. The van der Waals surface area contributed by atoms with E-state index in [1.807, 2.05) is 54.6 Å². The minimum atomic E-state index is -0.512. The molecule has 2 atom stereocenters. The van der Waals surface area contributed by atoms with Crippen LogP contribution in [-0.2, 0) is 27.2 Å². The molecule has 142 valence electrons. The Morgan fingerprint density at radius 2 is 1.93 bits per heavy atom. The zero-order chi connectivity index (χ0) is 19.1. The second kappa shape index (κ2) is 9.33. The van der Waals surface area contributed by atoms with Crippen LogP contribution in [0.3, 0.4) is 0 Å². The summed E-state index contributed by atoms with van der Waals surface area (Å²) in [7, 11) is 0. The SMILES string of the molecule is CCOC(=O)[C@H](CCc1ccccc1)N[C@H]1CCc2ccccc2NC1=O. The van der Waals surface area contributed by atoms with Gasteiger partial charge in [-0.1, -0.05) is 48.5 Å². The topological polar surface area (TPSA) is 67.4 Å². The minimum Gasteiger partial charge on any atom is -0.465 e. The highest BCUT2D eigenvalue weighted by atomic mass is 16.5. The lowest BCUT2D eigenvalue weighted by molar-refractivity contribution is -0.146. The molecule has 2 aromatic carbocycles. The summed E-state index contributed by atoms with van der Waals surface area (Å²) in [5.41, 5.74) is 3.13. The van der Waals surface area contributed by atoms with Crippen molar-refractivity contribution in [3.05, 3.63) is 65.7 Å². The number of aryl methyl sites for hydroxylation is 2. The number of hydrogen-bond acceptors (Lipinski definition) is 4. The zero-order valence-corrected chi connectivity index (χ0v) is 15.6. The van der Waals surface area contributed by atoms with Gasteiger partial charge in [0.1, 0.15) is 6.04 Å². The van der Waals surface area contributed by atoms with Gasteiger partial charge >= 0.3 is 5.97 Å². The molecule has 2 N–H and O–H groups in total. The average Bonchev–Trinajstić information content (AvgIpc) is 2.84. The van der Waals surface area contributed by atoms with Gasteiger partial charge in [0.05, 0.1) is 12.6 Å². The Morgan fingerprint density at radius 3 is 2.70 bits per heavy atom. The Morgan fingerprint density at radius 1 is 1.19 bits per heavy atom. The molecule has 5 heteroatoms. The first kappa shape index (κ1) is 19.1. The molecular formula is C22H26N2O3. The number of rotatable bonds is 7. The maximum absolute atomic E-state index is 12.6. The molecule has 0 fully saturated rings. The Hall–Kier alpha value is -2.66. The van der Waals surface area contributed by atoms with Crippen LogP contribution in [0.2, 0.25) is 0 Å². The molecule has 0 aliphatic carbocycles. The summed E-state index contributed by atoms with van der Waals surface area (Å²) in [4.78, 5) is 25.1. The van der Waals surface area contributed by atoms with Gasteiger partial charge in [0.2, 0.25) is 5.91 Å². The fourth-order valence-corrected chi connectivity index (χ4v) is 3.38. The molecule has 1 amide bonds. The molecule has 0 unspecified atom stereocenters. The monoisotopic (exact) mass is 366 g/mol. The van der Waals surface area contributed by atoms with Crippen LogP contribution in [0.5, 0.6) is 0 Å². The van der Waals surface area contributed by atoms with Crippen molar-refractivity contribution >= 4 is 17.6 Å². The third kappa shape index (κ3) is 5.17. The summed E-state index contributed by atoms with van der Waals surface area (Å²) >= 11 is 0. The molecule has 1 aliphatic heterocycles. The van der Waals surface area contributed by atoms with Crippen molar-refractivity contribution in [2.45, 2.75) is 44.7 Å². The first-order chi connectivity index (χ1) is 13.2. The Balaban J connectivity index is 1.67. The molecule has 1 aliphatic rings. The van der Waals surface area contributed by atoms with E-state index in [1.54, 1.807) is 6.92 Å². The number of anilines is 1. The quantitative estimate of drug-likeness (QED) is 0.739. The summed E-state index contributed by atoms with van der Waals surface area (Å²) in [6.45, 7) is 2.12. The zero-order valence-electron chi connectivity index (χ0n) is 15.6. The van der Waals surface area contributed by atoms with Crippen molar-refractivity contribution < 1.29 is 14.3 Å². The first-order valence-corrected chi connectivity index (χ1v) is 9.52. The van der Waals surface area contributed by atoms with Gasteiger partial charge in [-0.25, -0.2) is 0 Å². The van der Waals surface area contributed by atoms with E-state index < -0.39 is 12.1 Å². The van der Waals surface area contributed by atoms with Crippen molar-refractivity contribution in [2.24, 2.45) is 0 Å². The van der Waals surface area contributed by atoms with Gasteiger partial charge in [0.25, 0.3) is 0 Å². The van der Waals surface area contributed by atoms with Gasteiger partial charge in [-0.3, -0.25) is 14.9 Å². The molecule has 0 aromatic heterocycles. The lowest BCUT2D eigenvalue weighted by Gasteiger charge is -2.23. The molecule has 0 spiro atoms. The number of benzene rings is 2. The molecule has 2 aromatic rings. The Kier molecular flexibility index (Phi) is 6.60. The lowest BCUT2D eigenvalue weighted by Crippen LogP contribution is -2.49. The molecular weight excluding hydrogens is 340 g/mol. The van der Waals surface area contributed by atoms with Crippen molar-refractivity contribution in [1.82, 2.24) is 5.32 Å². The van der Waals surface area contributed by atoms with Gasteiger partial charge in [-0.2, -0.15) is 0 Å². The van der Waals surface area contributed by atoms with Crippen LogP contribution in [0, 0.1) is 0 Å². The van der Waals surface area contributed by atoms with Gasteiger partial charge in [-0.05, 0) is 49.8 Å². The minimum absolute atomic E-state index is 0.103. The summed E-state index contributed by atoms with van der Waals surface area (Å²) in [5, 5.41) is 6.22. The maximum atomic E-state index is 12.6. The first-order valence-electron chi connectivity index (χ1n) is 9.52. The molecule has 5 nitrogen and oxygen atoms in total. The van der Waals surface area contributed by atoms with Crippen LogP contribution in [0.1, 0.15) is 30.9 Å². The fraction of sp³-hybridized carbons (Fsp3) is 0.364. The van der Waals surface area contributed by atoms with Crippen molar-refractivity contribution in [2.75, 3.05) is 11.9 Å². The summed E-state index contributed by atoms with van der Waals surface area (Å²) in [5.74, 6) is -0.406. The Bertz CT molecular complexity index is 776. The van der Waals surface area contributed by atoms with E-state index in [1.165, 1.54) is 0 Å². The molecule has 0 saturated carbocycles. The van der Waals surface area contributed by atoms with E-state index in [0.717, 1.165) is 29.7 Å². The van der Waals surface area contributed by atoms with Crippen LogP contribution < -0.4 is 10.6 Å². The van der Waals surface area contributed by atoms with Crippen molar-refractivity contribution in [3.8, 4) is 0 Å². The maximum Gasteiger partial charge on any atom is 0.323 e. The highest BCUT2D eigenvalue weighted by molar-refractivity contribution is 5.96. The summed E-state index contributed by atoms with van der Waals surface area (Å²) in [6.07, 6.45) is 2.75. The van der Waals surface area contributed by atoms with Crippen molar-refractivity contribution in [3.63, 3.8) is 0 Å². The molecule has 0 bridgehead atoms. The van der Waals surface area contributed by atoms with Gasteiger partial charge in [0, 0.05) is 5.69 Å². The predicted octanol–water partition coefficient (Wildman–Crippen LogP) is 3.09. The van der Waals surface area contributed by atoms with E-state index in [-0.39, 0.29) is 11.9 Å². The average molecular weight is 366 g/mol. The predicted molar refractivity (Wildman–Crippen MR) is 106 cm³/mol. The molecule has 1 heterocycles. The van der Waals surface area contributed by atoms with Crippen LogP contribution in [0.25, 0.3) is 0 Å². The van der Waals surface area contributed by atoms with Crippen LogP contribution in [0.15, 0.2) is 54.6 Å². The van der Waals surface area contributed by atoms with Crippen molar-refractivity contribution in [1.29, 1.82) is 0 Å². The van der Waals surface area contributed by atoms with Crippen LogP contribution >= 0.6 is 0 Å². The smallest absolute Gasteiger partial charge is 0.323 e. The molecule has 0 radical (unpaired) electrons. The molecule has 27 heavy (non-hydrogen) atoms. The number of esters is 1. The summed E-state index contributed by atoms with van der Waals surface area (Å²) < 4.78 is 5.23. The third-order valence-electron chi connectivity index (χ3n) is 4.83. The number of para-hydroxylation sites is 1. The van der Waals surface area contributed by atoms with E-state index in [2.05, 4.69) is 10.6 Å².